The lowest BCUT2D eigenvalue weighted by atomic mass is 9.94. The number of rotatable bonds is 13. The summed E-state index contributed by atoms with van der Waals surface area (Å²) in [7, 11) is -8.45. The van der Waals surface area contributed by atoms with E-state index in [1.165, 1.54) is 0 Å². The van der Waals surface area contributed by atoms with Crippen molar-refractivity contribution in [1.29, 1.82) is 0 Å². The van der Waals surface area contributed by atoms with Crippen molar-refractivity contribution >= 4 is 25.8 Å². The van der Waals surface area contributed by atoms with Crippen molar-refractivity contribution in [3.8, 4) is 0 Å². The molecule has 0 fully saturated rings. The molecule has 0 atom stereocenters. The highest BCUT2D eigenvalue weighted by Crippen LogP contribution is 2.28. The average molecular weight is 517 g/mol. The van der Waals surface area contributed by atoms with Gasteiger partial charge in [-0.25, -0.2) is 0 Å². The lowest BCUT2D eigenvalue weighted by molar-refractivity contribution is 0.239. The summed E-state index contributed by atoms with van der Waals surface area (Å²) in [5.74, 6) is -1.11. The first-order valence-corrected chi connectivity index (χ1v) is 13.7. The Bertz CT molecular complexity index is 1300. The molecule has 0 aliphatic carbocycles. The average Bonchev–Trinajstić information content (AvgIpc) is 2.79. The summed E-state index contributed by atoms with van der Waals surface area (Å²) in [4.78, 5) is 0. The highest BCUT2D eigenvalue weighted by molar-refractivity contribution is 7.86. The molecule has 2 aromatic carbocycles. The van der Waals surface area contributed by atoms with Crippen molar-refractivity contribution in [1.82, 2.24) is 0 Å². The maximum absolute atomic E-state index is 11.2. The Morgan fingerprint density at radius 1 is 0.771 bits per heavy atom. The Labute approximate surface area is 207 Å². The zero-order chi connectivity index (χ0) is 26.1. The molecule has 9 heteroatoms. The van der Waals surface area contributed by atoms with E-state index in [2.05, 4.69) is 19.7 Å². The first kappa shape index (κ1) is 28.0. The molecule has 0 aliphatic heterocycles. The molecule has 0 bridgehead atoms. The molecule has 186 valence electrons. The standard InChI is InChI=1S/C26H28O7S2/c1-20(16-18-34(27,28)29)21(2)25(22(3)33-17-19-35(30,31)32)14-15-26(23-10-6-4-7-11-23)24-12-8-5-9-13-24/h4-15H,1-3,16-19H2,(H,27,28,29)(H,30,31,32)/b25-14-. The number of ether oxygens (including phenoxy) is 1. The van der Waals surface area contributed by atoms with E-state index in [1.807, 2.05) is 66.7 Å². The molecular formula is C26H28O7S2. The predicted octanol–water partition coefficient (Wildman–Crippen LogP) is 4.85. The van der Waals surface area contributed by atoms with E-state index >= 15 is 0 Å². The van der Waals surface area contributed by atoms with Crippen LogP contribution in [-0.2, 0) is 25.0 Å². The van der Waals surface area contributed by atoms with E-state index < -0.39 is 31.7 Å². The minimum absolute atomic E-state index is 0.0587. The second kappa shape index (κ2) is 12.5. The first-order valence-electron chi connectivity index (χ1n) is 10.5. The van der Waals surface area contributed by atoms with Crippen molar-refractivity contribution < 1.29 is 30.7 Å². The topological polar surface area (TPSA) is 118 Å². The van der Waals surface area contributed by atoms with Crippen LogP contribution in [0.1, 0.15) is 17.5 Å². The van der Waals surface area contributed by atoms with Crippen molar-refractivity contribution in [2.75, 3.05) is 18.1 Å². The molecule has 0 heterocycles. The Balaban J connectivity index is 2.48. The summed E-state index contributed by atoms with van der Waals surface area (Å²) in [5.41, 5.74) is 3.71. The van der Waals surface area contributed by atoms with Crippen LogP contribution < -0.4 is 0 Å². The fraction of sp³-hybridized carbons (Fsp3) is 0.154. The van der Waals surface area contributed by atoms with E-state index in [0.29, 0.717) is 16.7 Å². The fourth-order valence-corrected chi connectivity index (χ4v) is 3.86. The van der Waals surface area contributed by atoms with Crippen molar-refractivity contribution in [2.45, 2.75) is 6.42 Å². The molecule has 0 unspecified atom stereocenters. The summed E-state index contributed by atoms with van der Waals surface area (Å²) >= 11 is 0. The highest BCUT2D eigenvalue weighted by atomic mass is 32.2. The van der Waals surface area contributed by atoms with E-state index in [-0.39, 0.29) is 18.8 Å². The van der Waals surface area contributed by atoms with E-state index in [4.69, 9.17) is 13.8 Å². The molecule has 2 N–H and O–H groups in total. The summed E-state index contributed by atoms with van der Waals surface area (Å²) in [6.45, 7) is 11.3. The monoisotopic (exact) mass is 516 g/mol. The van der Waals surface area contributed by atoms with Crippen LogP contribution in [0.5, 0.6) is 0 Å². The molecule has 2 rings (SSSR count). The molecule has 0 amide bonds. The number of benzene rings is 2. The molecule has 7 nitrogen and oxygen atoms in total. The van der Waals surface area contributed by atoms with Crippen LogP contribution >= 0.6 is 0 Å². The quantitative estimate of drug-likeness (QED) is 0.222. The molecular weight excluding hydrogens is 488 g/mol. The van der Waals surface area contributed by atoms with Crippen molar-refractivity contribution in [3.05, 3.63) is 126 Å². The molecule has 0 saturated heterocycles. The van der Waals surface area contributed by atoms with Gasteiger partial charge in [-0.2, -0.15) is 16.8 Å². The maximum Gasteiger partial charge on any atom is 0.268 e. The van der Waals surface area contributed by atoms with Gasteiger partial charge in [0.25, 0.3) is 20.2 Å². The predicted molar refractivity (Wildman–Crippen MR) is 139 cm³/mol. The lowest BCUT2D eigenvalue weighted by Crippen LogP contribution is -2.12. The van der Waals surface area contributed by atoms with E-state index in [9.17, 15) is 16.8 Å². The minimum Gasteiger partial charge on any atom is -0.492 e. The number of allylic oxidation sites excluding steroid dienone is 4. The van der Waals surface area contributed by atoms with Gasteiger partial charge in [0, 0.05) is 5.57 Å². The van der Waals surface area contributed by atoms with Gasteiger partial charge in [0.05, 0.1) is 5.75 Å². The van der Waals surface area contributed by atoms with Gasteiger partial charge in [-0.05, 0) is 34.3 Å². The maximum atomic E-state index is 11.2. The van der Waals surface area contributed by atoms with Gasteiger partial charge in [0.2, 0.25) is 0 Å². The first-order chi connectivity index (χ1) is 16.4. The lowest BCUT2D eigenvalue weighted by Gasteiger charge is -2.17. The third-order valence-corrected chi connectivity index (χ3v) is 6.32. The zero-order valence-corrected chi connectivity index (χ0v) is 20.8. The second-order valence-electron chi connectivity index (χ2n) is 7.57. The van der Waals surface area contributed by atoms with E-state index in [1.54, 1.807) is 6.08 Å². The molecule has 2 aromatic rings. The zero-order valence-electron chi connectivity index (χ0n) is 19.1. The van der Waals surface area contributed by atoms with Gasteiger partial charge in [0.1, 0.15) is 18.1 Å². The van der Waals surface area contributed by atoms with Gasteiger partial charge in [-0.3, -0.25) is 9.11 Å². The third kappa shape index (κ3) is 9.87. The fourth-order valence-electron chi connectivity index (χ4n) is 3.06. The van der Waals surface area contributed by atoms with Crippen LogP contribution in [0.4, 0.5) is 0 Å². The van der Waals surface area contributed by atoms with Gasteiger partial charge in [-0.1, -0.05) is 92.6 Å². The van der Waals surface area contributed by atoms with Gasteiger partial charge in [0.15, 0.2) is 0 Å². The smallest absolute Gasteiger partial charge is 0.268 e. The normalized spacial score (nSPS) is 12.0. The highest BCUT2D eigenvalue weighted by Gasteiger charge is 2.15. The SMILES string of the molecule is C=C(CCS(=O)(=O)O)C(=C)/C(=C/C=C(c1ccccc1)c1ccccc1)C(=C)OCCS(=O)(=O)O. The summed E-state index contributed by atoms with van der Waals surface area (Å²) in [6.07, 6.45) is 3.41. The number of hydrogen-bond donors (Lipinski definition) is 2. The number of hydrogen-bond acceptors (Lipinski definition) is 5. The summed E-state index contributed by atoms with van der Waals surface area (Å²) < 4.78 is 67.9. The van der Waals surface area contributed by atoms with Crippen LogP contribution in [0.25, 0.3) is 5.57 Å². The van der Waals surface area contributed by atoms with Crippen LogP contribution in [0.15, 0.2) is 115 Å². The van der Waals surface area contributed by atoms with Gasteiger partial charge in [-0.15, -0.1) is 0 Å². The molecule has 0 saturated carbocycles. The third-order valence-electron chi connectivity index (χ3n) is 4.92. The van der Waals surface area contributed by atoms with Crippen molar-refractivity contribution in [3.63, 3.8) is 0 Å². The van der Waals surface area contributed by atoms with Crippen LogP contribution in [0, 0.1) is 0 Å². The Morgan fingerprint density at radius 3 is 1.71 bits per heavy atom. The Kier molecular flexibility index (Phi) is 9.97. The van der Waals surface area contributed by atoms with Crippen LogP contribution in [-0.4, -0.2) is 44.1 Å². The molecule has 35 heavy (non-hydrogen) atoms. The van der Waals surface area contributed by atoms with Crippen molar-refractivity contribution in [2.24, 2.45) is 0 Å². The van der Waals surface area contributed by atoms with E-state index in [0.717, 1.165) is 16.7 Å². The van der Waals surface area contributed by atoms with Crippen LogP contribution in [0.3, 0.4) is 0 Å². The molecule has 0 aliphatic rings. The van der Waals surface area contributed by atoms with Gasteiger partial charge < -0.3 is 4.74 Å². The molecule has 0 spiro atoms. The molecule has 0 aromatic heterocycles. The van der Waals surface area contributed by atoms with Crippen LogP contribution in [0.2, 0.25) is 0 Å². The second-order valence-corrected chi connectivity index (χ2v) is 10.7. The largest absolute Gasteiger partial charge is 0.492 e. The minimum atomic E-state index is -4.24. The van der Waals surface area contributed by atoms with Gasteiger partial charge >= 0.3 is 0 Å². The summed E-state index contributed by atoms with van der Waals surface area (Å²) in [6, 6.07) is 19.2. The molecule has 0 radical (unpaired) electrons. The Hall–Kier alpha value is -3.24. The Morgan fingerprint density at radius 2 is 1.26 bits per heavy atom. The summed E-state index contributed by atoms with van der Waals surface area (Å²) in [5, 5.41) is 0.